The molecule has 0 saturated carbocycles. The Kier molecular flexibility index (Phi) is 6.03. The van der Waals surface area contributed by atoms with E-state index in [0.29, 0.717) is 5.69 Å². The van der Waals surface area contributed by atoms with E-state index < -0.39 is 10.0 Å². The largest absolute Gasteiger partial charge is 0.268 e. The number of sulfonamides is 1. The third-order valence-electron chi connectivity index (χ3n) is 4.48. The standard InChI is InChI=1S/C21H19N5O3S2/c1-15-20(30-21(24-15)16-6-3-2-4-7-16)18-9-10-19(27)26(25-18)13-12-23-31(28,29)17-8-5-11-22-14-17/h2-11,14,23H,12-13H2,1H3. The highest BCUT2D eigenvalue weighted by Crippen LogP contribution is 2.33. The van der Waals surface area contributed by atoms with Crippen LogP contribution in [-0.4, -0.2) is 34.7 Å². The van der Waals surface area contributed by atoms with Gasteiger partial charge in [0.2, 0.25) is 10.0 Å². The predicted octanol–water partition coefficient (Wildman–Crippen LogP) is 2.72. The van der Waals surface area contributed by atoms with Gasteiger partial charge in [0.1, 0.15) is 15.6 Å². The van der Waals surface area contributed by atoms with Crippen LogP contribution in [-0.2, 0) is 16.6 Å². The van der Waals surface area contributed by atoms with E-state index in [0.717, 1.165) is 21.1 Å². The zero-order chi connectivity index (χ0) is 21.8. The van der Waals surface area contributed by atoms with E-state index in [2.05, 4.69) is 19.8 Å². The Bertz CT molecular complexity index is 1350. The number of benzene rings is 1. The quantitative estimate of drug-likeness (QED) is 0.461. The third-order valence-corrected chi connectivity index (χ3v) is 7.15. The van der Waals surface area contributed by atoms with Gasteiger partial charge in [0.15, 0.2) is 0 Å². The first-order valence-corrected chi connectivity index (χ1v) is 11.7. The Morgan fingerprint density at radius 2 is 1.87 bits per heavy atom. The molecule has 158 valence electrons. The van der Waals surface area contributed by atoms with Gasteiger partial charge in [-0.15, -0.1) is 11.3 Å². The lowest BCUT2D eigenvalue weighted by molar-refractivity contribution is 0.548. The summed E-state index contributed by atoms with van der Waals surface area (Å²) in [6.07, 6.45) is 2.77. The molecule has 0 amide bonds. The second kappa shape index (κ2) is 8.88. The van der Waals surface area contributed by atoms with Crippen LogP contribution in [0.15, 0.2) is 76.7 Å². The maximum Gasteiger partial charge on any atom is 0.266 e. The van der Waals surface area contributed by atoms with Crippen molar-refractivity contribution in [3.05, 3.63) is 83.0 Å². The second-order valence-corrected chi connectivity index (χ2v) is 9.43. The monoisotopic (exact) mass is 453 g/mol. The normalized spacial score (nSPS) is 11.5. The van der Waals surface area contributed by atoms with E-state index in [-0.39, 0.29) is 23.5 Å². The van der Waals surface area contributed by atoms with Gasteiger partial charge < -0.3 is 0 Å². The average molecular weight is 454 g/mol. The van der Waals surface area contributed by atoms with E-state index >= 15 is 0 Å². The molecule has 0 unspecified atom stereocenters. The molecule has 0 aliphatic rings. The Morgan fingerprint density at radius 1 is 1.06 bits per heavy atom. The van der Waals surface area contributed by atoms with Gasteiger partial charge >= 0.3 is 0 Å². The lowest BCUT2D eigenvalue weighted by Crippen LogP contribution is -2.32. The van der Waals surface area contributed by atoms with E-state index in [1.807, 2.05) is 37.3 Å². The first-order valence-electron chi connectivity index (χ1n) is 9.45. The zero-order valence-corrected chi connectivity index (χ0v) is 18.2. The molecule has 0 aliphatic heterocycles. The number of rotatable bonds is 7. The second-order valence-electron chi connectivity index (χ2n) is 6.67. The van der Waals surface area contributed by atoms with Crippen LogP contribution in [0.1, 0.15) is 5.69 Å². The van der Waals surface area contributed by atoms with E-state index in [1.54, 1.807) is 12.1 Å². The molecule has 0 bridgehead atoms. The summed E-state index contributed by atoms with van der Waals surface area (Å²) in [5, 5.41) is 5.30. The van der Waals surface area contributed by atoms with Crippen molar-refractivity contribution in [2.75, 3.05) is 6.54 Å². The molecular formula is C21H19N5O3S2. The summed E-state index contributed by atoms with van der Waals surface area (Å²) in [6.45, 7) is 2.01. The highest BCUT2D eigenvalue weighted by Gasteiger charge is 2.15. The molecule has 4 rings (SSSR count). The van der Waals surface area contributed by atoms with Gasteiger partial charge in [0.05, 0.1) is 17.1 Å². The summed E-state index contributed by atoms with van der Waals surface area (Å²) < 4.78 is 28.3. The van der Waals surface area contributed by atoms with E-state index in [4.69, 9.17) is 0 Å². The van der Waals surface area contributed by atoms with Crippen LogP contribution >= 0.6 is 11.3 Å². The lowest BCUT2D eigenvalue weighted by Gasteiger charge is -2.08. The molecular weight excluding hydrogens is 434 g/mol. The molecule has 8 nitrogen and oxygen atoms in total. The molecule has 3 aromatic heterocycles. The van der Waals surface area contributed by atoms with Crippen LogP contribution in [0, 0.1) is 6.92 Å². The summed E-state index contributed by atoms with van der Waals surface area (Å²) >= 11 is 1.50. The van der Waals surface area contributed by atoms with Gasteiger partial charge in [0.25, 0.3) is 5.56 Å². The van der Waals surface area contributed by atoms with Gasteiger partial charge in [-0.2, -0.15) is 5.10 Å². The zero-order valence-electron chi connectivity index (χ0n) is 16.6. The Morgan fingerprint density at radius 3 is 2.61 bits per heavy atom. The molecule has 0 aliphatic carbocycles. The topological polar surface area (TPSA) is 107 Å². The van der Waals surface area contributed by atoms with Crippen molar-refractivity contribution in [1.82, 2.24) is 24.5 Å². The summed E-state index contributed by atoms with van der Waals surface area (Å²) in [5.41, 5.74) is 2.14. The molecule has 4 aromatic rings. The maximum absolute atomic E-state index is 12.3. The van der Waals surface area contributed by atoms with Crippen LogP contribution in [0.5, 0.6) is 0 Å². The minimum atomic E-state index is -3.70. The number of hydrogen-bond acceptors (Lipinski definition) is 7. The first-order chi connectivity index (χ1) is 14.9. The Hall–Kier alpha value is -3.21. The van der Waals surface area contributed by atoms with Gasteiger partial charge in [-0.3, -0.25) is 9.78 Å². The fourth-order valence-corrected chi connectivity index (χ4v) is 4.96. The SMILES string of the molecule is Cc1nc(-c2ccccc2)sc1-c1ccc(=O)n(CCNS(=O)(=O)c2cccnc2)n1. The van der Waals surface area contributed by atoms with Gasteiger partial charge in [0, 0.05) is 30.6 Å². The van der Waals surface area contributed by atoms with Crippen LogP contribution in [0.3, 0.4) is 0 Å². The molecule has 3 heterocycles. The Labute approximate surface area is 183 Å². The molecule has 10 heteroatoms. The third kappa shape index (κ3) is 4.76. The summed E-state index contributed by atoms with van der Waals surface area (Å²) in [6, 6.07) is 15.9. The van der Waals surface area contributed by atoms with Crippen molar-refractivity contribution in [3.63, 3.8) is 0 Å². The number of pyridine rings is 1. The predicted molar refractivity (Wildman–Crippen MR) is 119 cm³/mol. The van der Waals surface area contributed by atoms with Crippen molar-refractivity contribution in [2.24, 2.45) is 0 Å². The first kappa shape index (κ1) is 21.0. The van der Waals surface area contributed by atoms with Crippen LogP contribution < -0.4 is 10.3 Å². The van der Waals surface area contributed by atoms with Crippen LogP contribution in [0.2, 0.25) is 0 Å². The summed E-state index contributed by atoms with van der Waals surface area (Å²) in [7, 11) is -3.70. The van der Waals surface area contributed by atoms with E-state index in [1.165, 1.54) is 40.5 Å². The molecule has 0 radical (unpaired) electrons. The summed E-state index contributed by atoms with van der Waals surface area (Å²) in [4.78, 5) is 21.6. The van der Waals surface area contributed by atoms with E-state index in [9.17, 15) is 13.2 Å². The van der Waals surface area contributed by atoms with Crippen molar-refractivity contribution in [1.29, 1.82) is 0 Å². The van der Waals surface area contributed by atoms with Gasteiger partial charge in [-0.05, 0) is 25.1 Å². The molecule has 1 aromatic carbocycles. The average Bonchev–Trinajstić information content (AvgIpc) is 3.18. The van der Waals surface area contributed by atoms with Crippen molar-refractivity contribution in [3.8, 4) is 21.1 Å². The molecule has 0 saturated heterocycles. The highest BCUT2D eigenvalue weighted by molar-refractivity contribution is 7.89. The fourth-order valence-electron chi connectivity index (χ4n) is 2.94. The molecule has 0 fully saturated rings. The number of aryl methyl sites for hydroxylation is 1. The lowest BCUT2D eigenvalue weighted by atomic mass is 10.2. The van der Waals surface area contributed by atoms with Crippen molar-refractivity contribution < 1.29 is 8.42 Å². The number of thiazole rings is 1. The minimum absolute atomic E-state index is 0.0184. The number of hydrogen-bond donors (Lipinski definition) is 1. The fraction of sp³-hybridized carbons (Fsp3) is 0.143. The molecule has 0 spiro atoms. The minimum Gasteiger partial charge on any atom is -0.268 e. The number of aromatic nitrogens is 4. The molecule has 0 atom stereocenters. The highest BCUT2D eigenvalue weighted by atomic mass is 32.2. The van der Waals surface area contributed by atoms with Crippen LogP contribution in [0.4, 0.5) is 0 Å². The molecule has 31 heavy (non-hydrogen) atoms. The van der Waals surface area contributed by atoms with Gasteiger partial charge in [-0.1, -0.05) is 30.3 Å². The van der Waals surface area contributed by atoms with Crippen molar-refractivity contribution >= 4 is 21.4 Å². The summed E-state index contributed by atoms with van der Waals surface area (Å²) in [5.74, 6) is 0. The van der Waals surface area contributed by atoms with Crippen LogP contribution in [0.25, 0.3) is 21.1 Å². The number of nitrogens with zero attached hydrogens (tertiary/aromatic N) is 4. The van der Waals surface area contributed by atoms with Crippen molar-refractivity contribution in [2.45, 2.75) is 18.4 Å². The Balaban J connectivity index is 1.53. The maximum atomic E-state index is 12.3. The number of nitrogens with one attached hydrogen (secondary N) is 1. The van der Waals surface area contributed by atoms with Gasteiger partial charge in [-0.25, -0.2) is 22.8 Å². The smallest absolute Gasteiger partial charge is 0.266 e. The molecule has 1 N–H and O–H groups in total.